The molecule has 0 fully saturated rings. The van der Waals surface area contributed by atoms with Crippen LogP contribution in [0.3, 0.4) is 0 Å². The minimum absolute atomic E-state index is 0. The SMILES string of the molecule is CCNC(=NCC(C)(O)c1cnn(C)c1)NCCCc1ccc(Br)cc1F.I. The van der Waals surface area contributed by atoms with Gasteiger partial charge >= 0.3 is 0 Å². The van der Waals surface area contributed by atoms with Gasteiger partial charge < -0.3 is 15.7 Å². The van der Waals surface area contributed by atoms with Crippen LogP contribution in [0.2, 0.25) is 0 Å². The summed E-state index contributed by atoms with van der Waals surface area (Å²) in [6, 6.07) is 5.12. The predicted molar refractivity (Wildman–Crippen MR) is 125 cm³/mol. The van der Waals surface area contributed by atoms with E-state index < -0.39 is 5.60 Å². The highest BCUT2D eigenvalue weighted by molar-refractivity contribution is 14.0. The van der Waals surface area contributed by atoms with Crippen molar-refractivity contribution in [3.05, 3.63) is 52.0 Å². The fourth-order valence-electron chi connectivity index (χ4n) is 2.58. The quantitative estimate of drug-likeness (QED) is 0.198. The maximum Gasteiger partial charge on any atom is 0.191 e. The van der Waals surface area contributed by atoms with Crippen molar-refractivity contribution in [2.75, 3.05) is 19.6 Å². The molecule has 0 aliphatic rings. The van der Waals surface area contributed by atoms with Crippen LogP contribution in [-0.4, -0.2) is 40.5 Å². The number of aryl methyl sites for hydroxylation is 2. The Balaban J connectivity index is 0.00000392. The number of halogens is 3. The van der Waals surface area contributed by atoms with Crippen molar-refractivity contribution in [2.24, 2.45) is 12.0 Å². The number of hydrogen-bond acceptors (Lipinski definition) is 3. The Morgan fingerprint density at radius 3 is 2.75 bits per heavy atom. The first kappa shape index (κ1) is 24.8. The monoisotopic (exact) mass is 567 g/mol. The van der Waals surface area contributed by atoms with Gasteiger partial charge in [0.15, 0.2) is 5.96 Å². The zero-order chi connectivity index (χ0) is 19.9. The van der Waals surface area contributed by atoms with Gasteiger partial charge in [-0.15, -0.1) is 24.0 Å². The van der Waals surface area contributed by atoms with Crippen LogP contribution in [0.15, 0.2) is 40.1 Å². The largest absolute Gasteiger partial charge is 0.383 e. The molecule has 2 aromatic rings. The zero-order valence-corrected chi connectivity index (χ0v) is 20.3. The van der Waals surface area contributed by atoms with Crippen molar-refractivity contribution in [1.29, 1.82) is 0 Å². The number of rotatable bonds is 8. The maximum atomic E-state index is 13.9. The normalized spacial score (nSPS) is 13.6. The highest BCUT2D eigenvalue weighted by atomic mass is 127. The van der Waals surface area contributed by atoms with Crippen LogP contribution in [-0.2, 0) is 19.1 Å². The van der Waals surface area contributed by atoms with E-state index in [1.54, 1.807) is 30.1 Å². The van der Waals surface area contributed by atoms with Gasteiger partial charge in [0.1, 0.15) is 11.4 Å². The standard InChI is InChI=1S/C19H27BrFN5O.HI/c1-4-22-18(24-13-19(2,27)15-11-25-26(3)12-15)23-9-5-6-14-7-8-16(20)10-17(14)21;/h7-8,10-12,27H,4-6,9,13H2,1-3H3,(H2,22,23,24);1H. The molecule has 0 saturated heterocycles. The molecular formula is C19H28BrFIN5O. The molecule has 1 unspecified atom stereocenters. The lowest BCUT2D eigenvalue weighted by Crippen LogP contribution is -2.39. The van der Waals surface area contributed by atoms with Crippen LogP contribution in [0.4, 0.5) is 4.39 Å². The zero-order valence-electron chi connectivity index (χ0n) is 16.4. The molecule has 0 aliphatic heterocycles. The average molecular weight is 568 g/mol. The number of benzene rings is 1. The summed E-state index contributed by atoms with van der Waals surface area (Å²) in [5.41, 5.74) is 0.314. The summed E-state index contributed by atoms with van der Waals surface area (Å²) in [4.78, 5) is 4.47. The van der Waals surface area contributed by atoms with Crippen LogP contribution in [0.5, 0.6) is 0 Å². The molecule has 1 aromatic heterocycles. The van der Waals surface area contributed by atoms with Gasteiger partial charge in [-0.2, -0.15) is 5.10 Å². The van der Waals surface area contributed by atoms with Gasteiger partial charge in [0.25, 0.3) is 0 Å². The van der Waals surface area contributed by atoms with Crippen molar-refractivity contribution >= 4 is 45.9 Å². The van der Waals surface area contributed by atoms with Crippen LogP contribution in [0.1, 0.15) is 31.4 Å². The summed E-state index contributed by atoms with van der Waals surface area (Å²) < 4.78 is 16.2. The van der Waals surface area contributed by atoms with E-state index in [0.29, 0.717) is 31.0 Å². The number of guanidine groups is 1. The van der Waals surface area contributed by atoms with E-state index in [-0.39, 0.29) is 36.3 Å². The summed E-state index contributed by atoms with van der Waals surface area (Å²) in [5, 5.41) is 21.1. The summed E-state index contributed by atoms with van der Waals surface area (Å²) in [6.07, 6.45) is 4.83. The van der Waals surface area contributed by atoms with E-state index >= 15 is 0 Å². The first-order valence-corrected chi connectivity index (χ1v) is 9.78. The van der Waals surface area contributed by atoms with Gasteiger partial charge in [-0.3, -0.25) is 4.68 Å². The summed E-state index contributed by atoms with van der Waals surface area (Å²) >= 11 is 3.26. The number of nitrogens with one attached hydrogen (secondary N) is 2. The molecule has 1 aromatic carbocycles. The Morgan fingerprint density at radius 2 is 2.14 bits per heavy atom. The number of aliphatic hydroxyl groups is 1. The molecule has 1 atom stereocenters. The molecule has 0 aliphatic carbocycles. The molecule has 0 radical (unpaired) electrons. The Morgan fingerprint density at radius 1 is 1.39 bits per heavy atom. The highest BCUT2D eigenvalue weighted by Gasteiger charge is 2.24. The van der Waals surface area contributed by atoms with Crippen LogP contribution in [0, 0.1) is 5.82 Å². The van der Waals surface area contributed by atoms with Gasteiger partial charge in [-0.25, -0.2) is 9.38 Å². The lowest BCUT2D eigenvalue weighted by Gasteiger charge is -2.20. The van der Waals surface area contributed by atoms with Crippen molar-refractivity contribution in [3.8, 4) is 0 Å². The van der Waals surface area contributed by atoms with Crippen LogP contribution in [0.25, 0.3) is 0 Å². The maximum absolute atomic E-state index is 13.9. The fourth-order valence-corrected chi connectivity index (χ4v) is 2.91. The van der Waals surface area contributed by atoms with Crippen molar-refractivity contribution < 1.29 is 9.50 Å². The topological polar surface area (TPSA) is 74.5 Å². The first-order chi connectivity index (χ1) is 12.8. The second-order valence-corrected chi connectivity index (χ2v) is 7.55. The van der Waals surface area contributed by atoms with E-state index in [1.807, 2.05) is 20.0 Å². The minimum Gasteiger partial charge on any atom is -0.383 e. The fraction of sp³-hybridized carbons (Fsp3) is 0.474. The Labute approximate surface area is 191 Å². The molecule has 0 amide bonds. The molecule has 6 nitrogen and oxygen atoms in total. The van der Waals surface area contributed by atoms with Crippen LogP contribution < -0.4 is 10.6 Å². The lowest BCUT2D eigenvalue weighted by atomic mass is 10.0. The third-order valence-electron chi connectivity index (χ3n) is 4.15. The van der Waals surface area contributed by atoms with Gasteiger partial charge in [0, 0.05) is 36.4 Å². The Hall–Kier alpha value is -1.20. The second-order valence-electron chi connectivity index (χ2n) is 6.64. The summed E-state index contributed by atoms with van der Waals surface area (Å²) in [5.74, 6) is 0.426. The number of aliphatic imine (C=N–C) groups is 1. The van der Waals surface area contributed by atoms with E-state index in [1.165, 1.54) is 6.07 Å². The predicted octanol–water partition coefficient (Wildman–Crippen LogP) is 3.34. The molecule has 2 rings (SSSR count). The van der Waals surface area contributed by atoms with Gasteiger partial charge in [0.2, 0.25) is 0 Å². The number of aromatic nitrogens is 2. The molecule has 0 bridgehead atoms. The van der Waals surface area contributed by atoms with Crippen molar-refractivity contribution in [1.82, 2.24) is 20.4 Å². The van der Waals surface area contributed by atoms with Crippen molar-refractivity contribution in [2.45, 2.75) is 32.3 Å². The van der Waals surface area contributed by atoms with Gasteiger partial charge in [-0.1, -0.05) is 22.0 Å². The van der Waals surface area contributed by atoms with Crippen LogP contribution >= 0.6 is 39.9 Å². The minimum atomic E-state index is -1.10. The first-order valence-electron chi connectivity index (χ1n) is 8.99. The van der Waals surface area contributed by atoms with Crippen molar-refractivity contribution in [3.63, 3.8) is 0 Å². The third kappa shape index (κ3) is 7.67. The molecule has 28 heavy (non-hydrogen) atoms. The summed E-state index contributed by atoms with van der Waals surface area (Å²) in [7, 11) is 1.81. The highest BCUT2D eigenvalue weighted by Crippen LogP contribution is 2.20. The summed E-state index contributed by atoms with van der Waals surface area (Å²) in [6.45, 7) is 5.26. The molecule has 0 saturated carbocycles. The van der Waals surface area contributed by atoms with E-state index in [9.17, 15) is 9.50 Å². The molecular weight excluding hydrogens is 540 g/mol. The average Bonchev–Trinajstić information content (AvgIpc) is 3.05. The Kier molecular flexibility index (Phi) is 10.4. The molecule has 3 N–H and O–H groups in total. The molecule has 0 spiro atoms. The molecule has 156 valence electrons. The second kappa shape index (κ2) is 11.7. The lowest BCUT2D eigenvalue weighted by molar-refractivity contribution is 0.0672. The van der Waals surface area contributed by atoms with Gasteiger partial charge in [0.05, 0.1) is 12.7 Å². The van der Waals surface area contributed by atoms with E-state index in [2.05, 4.69) is 36.7 Å². The van der Waals surface area contributed by atoms with E-state index in [4.69, 9.17) is 0 Å². The van der Waals surface area contributed by atoms with E-state index in [0.717, 1.165) is 16.5 Å². The third-order valence-corrected chi connectivity index (χ3v) is 4.64. The molecule has 9 heteroatoms. The number of hydrogen-bond donors (Lipinski definition) is 3. The molecule has 1 heterocycles. The van der Waals surface area contributed by atoms with Gasteiger partial charge in [-0.05, 0) is 44.4 Å². The smallest absolute Gasteiger partial charge is 0.191 e. The number of nitrogens with zero attached hydrogens (tertiary/aromatic N) is 3. The Bertz CT molecular complexity index is 781.